The minimum Gasteiger partial charge on any atom is -0.397 e. The molecule has 4 nitrogen and oxygen atoms in total. The second-order valence-electron chi connectivity index (χ2n) is 5.26. The summed E-state index contributed by atoms with van der Waals surface area (Å²) in [6.45, 7) is 7.82. The van der Waals surface area contributed by atoms with Gasteiger partial charge in [-0.25, -0.2) is 0 Å². The van der Waals surface area contributed by atoms with Crippen LogP contribution in [0, 0.1) is 5.92 Å². The molecular formula is C16H23N3O. The van der Waals surface area contributed by atoms with Gasteiger partial charge in [0.05, 0.1) is 23.9 Å². The lowest BCUT2D eigenvalue weighted by Crippen LogP contribution is -2.31. The van der Waals surface area contributed by atoms with Crippen LogP contribution < -0.4 is 11.1 Å². The number of nitrogens with zero attached hydrogens (tertiary/aromatic N) is 1. The Balaban J connectivity index is 2.30. The average molecular weight is 273 g/mol. The fourth-order valence-corrected chi connectivity index (χ4v) is 2.17. The molecule has 1 aromatic carbocycles. The summed E-state index contributed by atoms with van der Waals surface area (Å²) in [6.07, 6.45) is 1.79. The number of para-hydroxylation sites is 1. The molecular weight excluding hydrogens is 250 g/mol. The molecule has 1 heterocycles. The van der Waals surface area contributed by atoms with E-state index < -0.39 is 0 Å². The minimum atomic E-state index is 0.266. The zero-order valence-electron chi connectivity index (χ0n) is 12.4. The smallest absolute Gasteiger partial charge is 0.0951 e. The predicted octanol–water partition coefficient (Wildman–Crippen LogP) is 3.29. The molecule has 0 aliphatic rings. The van der Waals surface area contributed by atoms with Crippen LogP contribution in [-0.2, 0) is 4.74 Å². The quantitative estimate of drug-likeness (QED) is 0.793. The molecule has 1 aromatic heterocycles. The van der Waals surface area contributed by atoms with E-state index in [0.29, 0.717) is 18.2 Å². The number of benzene rings is 1. The van der Waals surface area contributed by atoms with Crippen molar-refractivity contribution in [1.29, 1.82) is 0 Å². The molecule has 2 aromatic rings. The van der Waals surface area contributed by atoms with E-state index in [1.807, 2.05) is 31.2 Å². The number of anilines is 2. The topological polar surface area (TPSA) is 60.2 Å². The van der Waals surface area contributed by atoms with Gasteiger partial charge in [0.2, 0.25) is 0 Å². The molecule has 0 saturated heterocycles. The van der Waals surface area contributed by atoms with Crippen molar-refractivity contribution in [1.82, 2.24) is 4.98 Å². The SMILES string of the molecule is CCOCC(Nc1ccnc2c(N)cccc12)C(C)C. The van der Waals surface area contributed by atoms with Crippen molar-refractivity contribution in [3.63, 3.8) is 0 Å². The van der Waals surface area contributed by atoms with Gasteiger partial charge in [-0.2, -0.15) is 0 Å². The molecule has 0 amide bonds. The number of fused-ring (bicyclic) bond motifs is 1. The molecule has 108 valence electrons. The van der Waals surface area contributed by atoms with E-state index in [1.54, 1.807) is 6.20 Å². The number of nitrogens with one attached hydrogen (secondary N) is 1. The molecule has 3 N–H and O–H groups in total. The second-order valence-corrected chi connectivity index (χ2v) is 5.26. The van der Waals surface area contributed by atoms with E-state index in [1.165, 1.54) is 0 Å². The Bertz CT molecular complexity index is 569. The lowest BCUT2D eigenvalue weighted by molar-refractivity contribution is 0.127. The van der Waals surface area contributed by atoms with Crippen LogP contribution in [0.15, 0.2) is 30.5 Å². The Morgan fingerprint density at radius 2 is 2.10 bits per heavy atom. The maximum atomic E-state index is 5.98. The van der Waals surface area contributed by atoms with Gasteiger partial charge in [0.25, 0.3) is 0 Å². The highest BCUT2D eigenvalue weighted by Crippen LogP contribution is 2.26. The third kappa shape index (κ3) is 3.20. The van der Waals surface area contributed by atoms with Crippen LogP contribution in [0.1, 0.15) is 20.8 Å². The molecule has 0 bridgehead atoms. The molecule has 2 rings (SSSR count). The first-order valence-electron chi connectivity index (χ1n) is 7.11. The van der Waals surface area contributed by atoms with Crippen LogP contribution in [0.2, 0.25) is 0 Å². The number of rotatable bonds is 6. The van der Waals surface area contributed by atoms with Crippen molar-refractivity contribution < 1.29 is 4.74 Å². The number of hydrogen-bond donors (Lipinski definition) is 2. The van der Waals surface area contributed by atoms with Crippen LogP contribution in [0.25, 0.3) is 10.9 Å². The second kappa shape index (κ2) is 6.57. The van der Waals surface area contributed by atoms with Gasteiger partial charge < -0.3 is 15.8 Å². The van der Waals surface area contributed by atoms with Crippen LogP contribution in [0.3, 0.4) is 0 Å². The molecule has 4 heteroatoms. The summed E-state index contributed by atoms with van der Waals surface area (Å²) in [5, 5.41) is 4.61. The molecule has 0 spiro atoms. The van der Waals surface area contributed by atoms with E-state index in [9.17, 15) is 0 Å². The van der Waals surface area contributed by atoms with Crippen LogP contribution in [0.5, 0.6) is 0 Å². The van der Waals surface area contributed by atoms with Gasteiger partial charge in [-0.05, 0) is 25.0 Å². The van der Waals surface area contributed by atoms with E-state index in [-0.39, 0.29) is 6.04 Å². The van der Waals surface area contributed by atoms with Crippen molar-refractivity contribution in [2.24, 2.45) is 5.92 Å². The zero-order chi connectivity index (χ0) is 14.5. The van der Waals surface area contributed by atoms with Gasteiger partial charge >= 0.3 is 0 Å². The summed E-state index contributed by atoms with van der Waals surface area (Å²) in [4.78, 5) is 4.36. The fraction of sp³-hybridized carbons (Fsp3) is 0.438. The highest BCUT2D eigenvalue weighted by Gasteiger charge is 2.15. The molecule has 1 atom stereocenters. The van der Waals surface area contributed by atoms with E-state index >= 15 is 0 Å². The summed E-state index contributed by atoms with van der Waals surface area (Å²) >= 11 is 0. The number of nitrogens with two attached hydrogens (primary N) is 1. The van der Waals surface area contributed by atoms with Gasteiger partial charge in [0.1, 0.15) is 0 Å². The van der Waals surface area contributed by atoms with Gasteiger partial charge in [0, 0.05) is 23.9 Å². The number of pyridine rings is 1. The first-order valence-corrected chi connectivity index (χ1v) is 7.11. The molecule has 0 aliphatic carbocycles. The predicted molar refractivity (Wildman–Crippen MR) is 84.9 cm³/mol. The molecule has 0 aliphatic heterocycles. The van der Waals surface area contributed by atoms with E-state index in [2.05, 4.69) is 24.1 Å². The maximum absolute atomic E-state index is 5.98. The van der Waals surface area contributed by atoms with Crippen molar-refractivity contribution >= 4 is 22.3 Å². The third-order valence-corrected chi connectivity index (χ3v) is 3.45. The number of ether oxygens (including phenoxy) is 1. The molecule has 0 radical (unpaired) electrons. The minimum absolute atomic E-state index is 0.266. The average Bonchev–Trinajstić information content (AvgIpc) is 2.44. The first-order chi connectivity index (χ1) is 9.63. The zero-order valence-corrected chi connectivity index (χ0v) is 12.4. The van der Waals surface area contributed by atoms with Crippen molar-refractivity contribution in [2.75, 3.05) is 24.3 Å². The Morgan fingerprint density at radius 1 is 1.30 bits per heavy atom. The molecule has 20 heavy (non-hydrogen) atoms. The van der Waals surface area contributed by atoms with Crippen LogP contribution >= 0.6 is 0 Å². The first kappa shape index (κ1) is 14.6. The molecule has 1 unspecified atom stereocenters. The van der Waals surface area contributed by atoms with Gasteiger partial charge in [0.15, 0.2) is 0 Å². The molecule has 0 fully saturated rings. The monoisotopic (exact) mass is 273 g/mol. The summed E-state index contributed by atoms with van der Waals surface area (Å²) < 4.78 is 5.56. The number of nitrogen functional groups attached to an aromatic ring is 1. The summed E-state index contributed by atoms with van der Waals surface area (Å²) in [7, 11) is 0. The van der Waals surface area contributed by atoms with Crippen molar-refractivity contribution in [3.05, 3.63) is 30.5 Å². The normalized spacial score (nSPS) is 12.8. The van der Waals surface area contributed by atoms with Crippen LogP contribution in [-0.4, -0.2) is 24.2 Å². The lowest BCUT2D eigenvalue weighted by Gasteiger charge is -2.24. The Hall–Kier alpha value is -1.81. The highest BCUT2D eigenvalue weighted by atomic mass is 16.5. The lowest BCUT2D eigenvalue weighted by atomic mass is 10.0. The highest BCUT2D eigenvalue weighted by molar-refractivity contribution is 5.97. The fourth-order valence-electron chi connectivity index (χ4n) is 2.17. The van der Waals surface area contributed by atoms with Crippen molar-refractivity contribution in [3.8, 4) is 0 Å². The maximum Gasteiger partial charge on any atom is 0.0951 e. The van der Waals surface area contributed by atoms with Crippen molar-refractivity contribution in [2.45, 2.75) is 26.8 Å². The Kier molecular flexibility index (Phi) is 4.79. The summed E-state index contributed by atoms with van der Waals surface area (Å²) in [6, 6.07) is 8.13. The van der Waals surface area contributed by atoms with E-state index in [0.717, 1.165) is 23.2 Å². The summed E-state index contributed by atoms with van der Waals surface area (Å²) in [5.74, 6) is 0.478. The largest absolute Gasteiger partial charge is 0.397 e. The Morgan fingerprint density at radius 3 is 2.80 bits per heavy atom. The summed E-state index contributed by atoms with van der Waals surface area (Å²) in [5.41, 5.74) is 8.59. The van der Waals surface area contributed by atoms with Gasteiger partial charge in [-0.3, -0.25) is 4.98 Å². The van der Waals surface area contributed by atoms with E-state index in [4.69, 9.17) is 10.5 Å². The number of aromatic nitrogens is 1. The standard InChI is InChI=1S/C16H23N3O/c1-4-20-10-15(11(2)3)19-14-8-9-18-16-12(14)6-5-7-13(16)17/h5-9,11,15H,4,10,17H2,1-3H3,(H,18,19). The van der Waals surface area contributed by atoms with Gasteiger partial charge in [-0.1, -0.05) is 26.0 Å². The van der Waals surface area contributed by atoms with Crippen LogP contribution in [0.4, 0.5) is 11.4 Å². The third-order valence-electron chi connectivity index (χ3n) is 3.45. The molecule has 0 saturated carbocycles. The Labute approximate surface area is 120 Å². The number of hydrogen-bond acceptors (Lipinski definition) is 4. The van der Waals surface area contributed by atoms with Gasteiger partial charge in [-0.15, -0.1) is 0 Å².